The van der Waals surface area contributed by atoms with Gasteiger partial charge in [-0.15, -0.1) is 0 Å². The highest BCUT2D eigenvalue weighted by atomic mass is 79.9. The molecule has 2 heterocycles. The predicted molar refractivity (Wildman–Crippen MR) is 127 cm³/mol. The van der Waals surface area contributed by atoms with Crippen molar-refractivity contribution in [2.75, 3.05) is 19.6 Å². The number of benzene rings is 1. The normalized spacial score (nSPS) is 18.9. The van der Waals surface area contributed by atoms with E-state index in [1.54, 1.807) is 12.4 Å². The molecule has 2 N–H and O–H groups in total. The summed E-state index contributed by atoms with van der Waals surface area (Å²) in [7, 11) is 0. The molecule has 1 saturated carbocycles. The Kier molecular flexibility index (Phi) is 6.25. The van der Waals surface area contributed by atoms with E-state index in [1.807, 2.05) is 6.07 Å². The van der Waals surface area contributed by atoms with Crippen LogP contribution in [-0.2, 0) is 6.54 Å². The van der Waals surface area contributed by atoms with E-state index in [2.05, 4.69) is 86.5 Å². The van der Waals surface area contributed by atoms with Crippen LogP contribution < -0.4 is 10.6 Å². The average molecular weight is 468 g/mol. The molecule has 5 nitrogen and oxygen atoms in total. The van der Waals surface area contributed by atoms with Gasteiger partial charge in [-0.05, 0) is 73.3 Å². The highest BCUT2D eigenvalue weighted by Crippen LogP contribution is 2.40. The smallest absolute Gasteiger partial charge is 0.0890 e. The predicted octanol–water partition coefficient (Wildman–Crippen LogP) is 4.63. The standard InChI is InChI=1S/C24H30BrN5/c1-4-20(28-15-18-5-6-21-22(14-18)27-10-9-26-21)23(19(25)13-17(2)3)30-12-11-29-24(16-30)7-8-24/h4-6,9-10,13-14,28-29H,7-8,11-12,15-16H2,1-3H3/b20-4+,23-19-. The second-order valence-corrected chi connectivity index (χ2v) is 9.34. The van der Waals surface area contributed by atoms with Crippen molar-refractivity contribution in [1.82, 2.24) is 25.5 Å². The summed E-state index contributed by atoms with van der Waals surface area (Å²) in [5, 5.41) is 7.40. The summed E-state index contributed by atoms with van der Waals surface area (Å²) in [6.45, 7) is 10.2. The number of hydrogen-bond acceptors (Lipinski definition) is 5. The third-order valence-corrected chi connectivity index (χ3v) is 6.35. The molecule has 2 fully saturated rings. The van der Waals surface area contributed by atoms with Crippen LogP contribution in [-0.4, -0.2) is 40.0 Å². The Morgan fingerprint density at radius 1 is 1.23 bits per heavy atom. The van der Waals surface area contributed by atoms with Gasteiger partial charge in [-0.25, -0.2) is 0 Å². The molecule has 1 aliphatic heterocycles. The summed E-state index contributed by atoms with van der Waals surface area (Å²) in [5.41, 5.74) is 7.03. The molecular formula is C24H30BrN5. The molecule has 0 bridgehead atoms. The summed E-state index contributed by atoms with van der Waals surface area (Å²) in [5.74, 6) is 0. The first-order valence-corrected chi connectivity index (χ1v) is 11.4. The Hall–Kier alpha value is -2.18. The Labute approximate surface area is 187 Å². The first kappa shape index (κ1) is 21.1. The third kappa shape index (κ3) is 4.76. The van der Waals surface area contributed by atoms with Crippen molar-refractivity contribution in [3.8, 4) is 0 Å². The van der Waals surface area contributed by atoms with Crippen molar-refractivity contribution in [2.45, 2.75) is 45.7 Å². The number of rotatable bonds is 6. The molecule has 2 aromatic rings. The maximum atomic E-state index is 4.44. The van der Waals surface area contributed by atoms with Crippen LogP contribution in [0.3, 0.4) is 0 Å². The molecule has 4 rings (SSSR count). The molecular weight excluding hydrogens is 438 g/mol. The minimum Gasteiger partial charge on any atom is -0.380 e. The molecule has 2 aliphatic rings. The van der Waals surface area contributed by atoms with Crippen molar-refractivity contribution in [1.29, 1.82) is 0 Å². The van der Waals surface area contributed by atoms with E-state index in [0.717, 1.165) is 47.4 Å². The molecule has 0 atom stereocenters. The fraction of sp³-hybridized carbons (Fsp3) is 0.417. The molecule has 1 aromatic heterocycles. The third-order valence-electron chi connectivity index (χ3n) is 5.75. The second-order valence-electron chi connectivity index (χ2n) is 8.48. The summed E-state index contributed by atoms with van der Waals surface area (Å²) < 4.78 is 1.13. The summed E-state index contributed by atoms with van der Waals surface area (Å²) >= 11 is 3.88. The van der Waals surface area contributed by atoms with Crippen LogP contribution in [0.4, 0.5) is 0 Å². The molecule has 1 spiro atoms. The van der Waals surface area contributed by atoms with Crippen molar-refractivity contribution in [3.63, 3.8) is 0 Å². The van der Waals surface area contributed by atoms with E-state index in [-0.39, 0.29) is 0 Å². The SMILES string of the molecule is C/C=C(NCc1ccc2nccnc2c1)\C(=C(\Br)C=C(C)C)N1CCNC2(CC2)C1. The van der Waals surface area contributed by atoms with E-state index < -0.39 is 0 Å². The highest BCUT2D eigenvalue weighted by Gasteiger charge is 2.46. The van der Waals surface area contributed by atoms with Crippen molar-refractivity contribution in [3.05, 3.63) is 69.8 Å². The molecule has 0 amide bonds. The number of nitrogens with one attached hydrogen (secondary N) is 2. The number of halogens is 1. The van der Waals surface area contributed by atoms with Crippen molar-refractivity contribution < 1.29 is 0 Å². The summed E-state index contributed by atoms with van der Waals surface area (Å²) in [6.07, 6.45) is 10.4. The zero-order chi connectivity index (χ0) is 21.1. The lowest BCUT2D eigenvalue weighted by Crippen LogP contribution is -2.52. The molecule has 1 saturated heterocycles. The minimum atomic E-state index is 0.317. The van der Waals surface area contributed by atoms with Gasteiger partial charge in [-0.2, -0.15) is 0 Å². The molecule has 158 valence electrons. The van der Waals surface area contributed by atoms with Crippen LogP contribution in [0, 0.1) is 0 Å². The van der Waals surface area contributed by atoms with Crippen molar-refractivity contribution >= 4 is 27.0 Å². The lowest BCUT2D eigenvalue weighted by Gasteiger charge is -2.38. The van der Waals surface area contributed by atoms with Gasteiger partial charge in [-0.1, -0.05) is 17.7 Å². The van der Waals surface area contributed by atoms with Crippen molar-refractivity contribution in [2.24, 2.45) is 0 Å². The molecule has 30 heavy (non-hydrogen) atoms. The first-order valence-electron chi connectivity index (χ1n) is 10.6. The average Bonchev–Trinajstić information content (AvgIpc) is 3.48. The van der Waals surface area contributed by atoms with E-state index in [1.165, 1.54) is 29.7 Å². The fourth-order valence-corrected chi connectivity index (χ4v) is 4.97. The zero-order valence-corrected chi connectivity index (χ0v) is 19.6. The molecule has 0 radical (unpaired) electrons. The fourth-order valence-electron chi connectivity index (χ4n) is 4.04. The van der Waals surface area contributed by atoms with Crippen LogP contribution in [0.25, 0.3) is 11.0 Å². The van der Waals surface area contributed by atoms with E-state index in [0.29, 0.717) is 5.54 Å². The van der Waals surface area contributed by atoms with Crippen LogP contribution in [0.5, 0.6) is 0 Å². The maximum absolute atomic E-state index is 4.44. The number of piperazine rings is 1. The molecule has 0 unspecified atom stereocenters. The van der Waals surface area contributed by atoms with Gasteiger partial charge in [0.25, 0.3) is 0 Å². The van der Waals surface area contributed by atoms with Gasteiger partial charge in [0.05, 0.1) is 22.4 Å². The topological polar surface area (TPSA) is 53.1 Å². The van der Waals surface area contributed by atoms with Gasteiger partial charge in [0, 0.05) is 48.6 Å². The summed E-state index contributed by atoms with van der Waals surface area (Å²) in [4.78, 5) is 11.3. The number of aromatic nitrogens is 2. The second kappa shape index (κ2) is 8.90. The van der Waals surface area contributed by atoms with Gasteiger partial charge >= 0.3 is 0 Å². The summed E-state index contributed by atoms with van der Waals surface area (Å²) in [6, 6.07) is 6.27. The van der Waals surface area contributed by atoms with Gasteiger partial charge in [-0.3, -0.25) is 9.97 Å². The van der Waals surface area contributed by atoms with Gasteiger partial charge in [0.1, 0.15) is 0 Å². The van der Waals surface area contributed by atoms with Gasteiger partial charge in [0.2, 0.25) is 0 Å². The highest BCUT2D eigenvalue weighted by molar-refractivity contribution is 9.11. The molecule has 1 aromatic carbocycles. The maximum Gasteiger partial charge on any atom is 0.0890 e. The number of allylic oxidation sites excluding steroid dienone is 4. The molecule has 1 aliphatic carbocycles. The van der Waals surface area contributed by atoms with Crippen LogP contribution in [0.1, 0.15) is 39.2 Å². The lowest BCUT2D eigenvalue weighted by atomic mass is 10.1. The lowest BCUT2D eigenvalue weighted by molar-refractivity contribution is 0.235. The largest absolute Gasteiger partial charge is 0.380 e. The van der Waals surface area contributed by atoms with Gasteiger partial charge in [0.15, 0.2) is 0 Å². The Morgan fingerprint density at radius 2 is 2.00 bits per heavy atom. The Balaban J connectivity index is 1.58. The van der Waals surface area contributed by atoms with E-state index in [4.69, 9.17) is 0 Å². The number of nitrogens with zero attached hydrogens (tertiary/aromatic N) is 3. The van der Waals surface area contributed by atoms with Gasteiger partial charge < -0.3 is 15.5 Å². The molecule has 6 heteroatoms. The first-order chi connectivity index (χ1) is 14.5. The van der Waals surface area contributed by atoms with E-state index >= 15 is 0 Å². The van der Waals surface area contributed by atoms with Crippen LogP contribution in [0.2, 0.25) is 0 Å². The van der Waals surface area contributed by atoms with Crippen LogP contribution >= 0.6 is 15.9 Å². The Bertz CT molecular complexity index is 1020. The monoisotopic (exact) mass is 467 g/mol. The number of hydrogen-bond donors (Lipinski definition) is 2. The van der Waals surface area contributed by atoms with Crippen LogP contribution in [0.15, 0.2) is 64.2 Å². The van der Waals surface area contributed by atoms with E-state index in [9.17, 15) is 0 Å². The zero-order valence-electron chi connectivity index (χ0n) is 18.0. The quantitative estimate of drug-likeness (QED) is 0.606. The minimum absolute atomic E-state index is 0.317. The number of fused-ring (bicyclic) bond motifs is 1. The Morgan fingerprint density at radius 3 is 2.70 bits per heavy atom.